The van der Waals surface area contributed by atoms with Gasteiger partial charge in [-0.05, 0) is 35.4 Å². The fourth-order valence-electron chi connectivity index (χ4n) is 2.26. The number of benzene rings is 2. The van der Waals surface area contributed by atoms with Gasteiger partial charge in [-0.3, -0.25) is 0 Å². The molecule has 0 aromatic heterocycles. The van der Waals surface area contributed by atoms with Crippen LogP contribution in [-0.4, -0.2) is 8.42 Å². The van der Waals surface area contributed by atoms with Crippen LogP contribution >= 0.6 is 0 Å². The summed E-state index contributed by atoms with van der Waals surface area (Å²) in [5.41, 5.74) is 1.03. The van der Waals surface area contributed by atoms with E-state index in [1.807, 2.05) is 13.8 Å². The van der Waals surface area contributed by atoms with Crippen molar-refractivity contribution in [2.24, 2.45) is 0 Å². The normalized spacial score (nSPS) is 17.2. The smallest absolute Gasteiger partial charge is 0.222 e. The molecule has 0 amide bonds. The molecule has 0 heterocycles. The van der Waals surface area contributed by atoms with Crippen molar-refractivity contribution in [3.8, 4) is 0 Å². The maximum absolute atomic E-state index is 13.1. The van der Waals surface area contributed by atoms with Crippen LogP contribution in [0.5, 0.6) is 0 Å². The van der Waals surface area contributed by atoms with Crippen LogP contribution < -0.4 is 0 Å². The Hall–Kier alpha value is -1.80. The van der Waals surface area contributed by atoms with Crippen molar-refractivity contribution in [1.82, 2.24) is 0 Å². The lowest BCUT2D eigenvalue weighted by Crippen LogP contribution is -2.19. The van der Waals surface area contributed by atoms with Gasteiger partial charge >= 0.3 is 0 Å². The van der Waals surface area contributed by atoms with Crippen LogP contribution in [0.25, 0.3) is 0 Å². The second-order valence-electron chi connectivity index (χ2n) is 5.65. The summed E-state index contributed by atoms with van der Waals surface area (Å²) in [6.45, 7) is 3.77. The van der Waals surface area contributed by atoms with E-state index in [-0.39, 0.29) is 9.79 Å². The molecule has 2 aromatic rings. The first-order valence-corrected chi connectivity index (χ1v) is 9.52. The van der Waals surface area contributed by atoms with E-state index < -0.39 is 25.6 Å². The van der Waals surface area contributed by atoms with Crippen molar-refractivity contribution in [3.63, 3.8) is 0 Å². The summed E-state index contributed by atoms with van der Waals surface area (Å²) >= 11 is 0. The van der Waals surface area contributed by atoms with E-state index in [9.17, 15) is 16.2 Å². The molecule has 0 aliphatic carbocycles. The minimum Gasteiger partial charge on any atom is -0.222 e. The summed E-state index contributed by atoms with van der Waals surface area (Å²) in [7, 11) is -8.49. The van der Waals surface area contributed by atoms with Crippen LogP contribution in [0.2, 0.25) is 0 Å². The van der Waals surface area contributed by atoms with Gasteiger partial charge in [0.15, 0.2) is 0 Å². The van der Waals surface area contributed by atoms with E-state index in [4.69, 9.17) is 9.56 Å². The molecular weight excluding hydrogens is 342 g/mol. The third kappa shape index (κ3) is 3.76. The van der Waals surface area contributed by atoms with Gasteiger partial charge in [-0.15, -0.1) is 7.77 Å². The van der Waals surface area contributed by atoms with Crippen LogP contribution in [0.3, 0.4) is 0 Å². The number of nitrogens with one attached hydrogen (secondary N) is 2. The topological polar surface area (TPSA) is 81.8 Å². The van der Waals surface area contributed by atoms with E-state index in [1.165, 1.54) is 24.3 Å². The molecule has 2 unspecified atom stereocenters. The van der Waals surface area contributed by atoms with Crippen LogP contribution in [-0.2, 0) is 25.6 Å². The molecule has 0 fully saturated rings. The Balaban J connectivity index is 2.42. The molecule has 0 aliphatic heterocycles. The number of hydrogen-bond acceptors (Lipinski definition) is 4. The minimum atomic E-state index is -4.25. The average molecular weight is 358 g/mol. The number of rotatable bonds is 4. The summed E-state index contributed by atoms with van der Waals surface area (Å²) in [6.07, 6.45) is 0. The molecule has 23 heavy (non-hydrogen) atoms. The lowest BCUT2D eigenvalue weighted by molar-refractivity contribution is 0.629. The van der Waals surface area contributed by atoms with E-state index in [0.29, 0.717) is 0 Å². The molecule has 2 atom stereocenters. The fourth-order valence-corrected chi connectivity index (χ4v) is 3.23. The Morgan fingerprint density at radius 2 is 1.00 bits per heavy atom. The Morgan fingerprint density at radius 1 is 0.739 bits per heavy atom. The Bertz CT molecular complexity index is 841. The van der Waals surface area contributed by atoms with E-state index >= 15 is 0 Å². The standard InChI is InChI=1S/C15H16F2N2O2S2/c1-15(2,11-3-7-13(8-4-11)22(16,18)20)12-5-9-14(10-6-12)23(17,19)21/h3-10,18-19H,1-2H3. The number of halogens is 2. The summed E-state index contributed by atoms with van der Waals surface area (Å²) < 4.78 is 62.3. The molecule has 0 saturated heterocycles. The van der Waals surface area contributed by atoms with Gasteiger partial charge in [0, 0.05) is 5.41 Å². The van der Waals surface area contributed by atoms with Crippen LogP contribution in [0, 0.1) is 9.56 Å². The van der Waals surface area contributed by atoms with Crippen molar-refractivity contribution in [3.05, 3.63) is 59.7 Å². The SMILES string of the molecule is CC(C)(c1ccc(S(=N)(=O)F)cc1)c1ccc(S(=N)(=O)F)cc1. The van der Waals surface area contributed by atoms with Gasteiger partial charge in [-0.1, -0.05) is 38.1 Å². The van der Waals surface area contributed by atoms with Crippen molar-refractivity contribution in [2.45, 2.75) is 29.1 Å². The molecule has 0 saturated carbocycles. The first-order valence-electron chi connectivity index (χ1n) is 6.60. The molecule has 8 heteroatoms. The quantitative estimate of drug-likeness (QED) is 0.784. The summed E-state index contributed by atoms with van der Waals surface area (Å²) in [5.74, 6) is 0. The van der Waals surface area contributed by atoms with Crippen LogP contribution in [0.1, 0.15) is 25.0 Å². The van der Waals surface area contributed by atoms with Gasteiger partial charge in [0.2, 0.25) is 20.2 Å². The molecule has 0 spiro atoms. The highest BCUT2D eigenvalue weighted by atomic mass is 32.3. The molecule has 2 rings (SSSR count). The largest absolute Gasteiger partial charge is 0.228 e. The van der Waals surface area contributed by atoms with Gasteiger partial charge in [0.05, 0.1) is 9.79 Å². The van der Waals surface area contributed by atoms with Crippen molar-refractivity contribution in [2.75, 3.05) is 0 Å². The van der Waals surface area contributed by atoms with E-state index in [0.717, 1.165) is 11.1 Å². The third-order valence-electron chi connectivity index (χ3n) is 3.76. The molecule has 0 bridgehead atoms. The number of hydrogen-bond donors (Lipinski definition) is 2. The molecule has 124 valence electrons. The Morgan fingerprint density at radius 3 is 1.22 bits per heavy atom. The fraction of sp³-hybridized carbons (Fsp3) is 0.200. The zero-order valence-corrected chi connectivity index (χ0v) is 14.1. The summed E-state index contributed by atoms with van der Waals surface area (Å²) in [6, 6.07) is 11.6. The maximum atomic E-state index is 13.1. The predicted octanol–water partition coefficient (Wildman–Crippen LogP) is 4.59. The molecule has 2 N–H and O–H groups in total. The molecule has 0 aliphatic rings. The first-order chi connectivity index (χ1) is 10.4. The monoisotopic (exact) mass is 358 g/mol. The van der Waals surface area contributed by atoms with E-state index in [1.54, 1.807) is 24.3 Å². The maximum Gasteiger partial charge on any atom is 0.228 e. The zero-order chi connectivity index (χ0) is 17.5. The second kappa shape index (κ2) is 5.68. The highest BCUT2D eigenvalue weighted by Crippen LogP contribution is 2.33. The Kier molecular flexibility index (Phi) is 4.34. The molecular formula is C15H16F2N2O2S2. The summed E-state index contributed by atoms with van der Waals surface area (Å²) in [5, 5.41) is 0. The van der Waals surface area contributed by atoms with Crippen molar-refractivity contribution >= 4 is 20.2 Å². The Labute approximate surface area is 135 Å². The van der Waals surface area contributed by atoms with Gasteiger partial charge in [-0.25, -0.2) is 18.0 Å². The minimum absolute atomic E-state index is 0.196. The lowest BCUT2D eigenvalue weighted by atomic mass is 9.78. The summed E-state index contributed by atoms with van der Waals surface area (Å²) in [4.78, 5) is -0.391. The second-order valence-corrected chi connectivity index (χ2v) is 8.53. The van der Waals surface area contributed by atoms with Gasteiger partial charge in [0.1, 0.15) is 0 Å². The van der Waals surface area contributed by atoms with Crippen LogP contribution in [0.15, 0.2) is 58.3 Å². The molecule has 4 nitrogen and oxygen atoms in total. The molecule has 2 aromatic carbocycles. The van der Waals surface area contributed by atoms with Crippen LogP contribution in [0.4, 0.5) is 7.77 Å². The van der Waals surface area contributed by atoms with E-state index in [2.05, 4.69) is 0 Å². The predicted molar refractivity (Wildman–Crippen MR) is 85.5 cm³/mol. The highest BCUT2D eigenvalue weighted by molar-refractivity contribution is 7.87. The van der Waals surface area contributed by atoms with Crippen molar-refractivity contribution in [1.29, 1.82) is 9.56 Å². The highest BCUT2D eigenvalue weighted by Gasteiger charge is 2.24. The van der Waals surface area contributed by atoms with Gasteiger partial charge < -0.3 is 0 Å². The van der Waals surface area contributed by atoms with Crippen molar-refractivity contribution < 1.29 is 16.2 Å². The van der Waals surface area contributed by atoms with Gasteiger partial charge in [0.25, 0.3) is 0 Å². The van der Waals surface area contributed by atoms with Gasteiger partial charge in [-0.2, -0.15) is 0 Å². The molecule has 0 radical (unpaired) electrons. The third-order valence-corrected chi connectivity index (χ3v) is 5.52. The average Bonchev–Trinajstić information content (AvgIpc) is 2.46. The zero-order valence-electron chi connectivity index (χ0n) is 12.5. The lowest BCUT2D eigenvalue weighted by Gasteiger charge is -2.26. The first kappa shape index (κ1) is 17.6.